The number of fused-ring (bicyclic) bond motifs is 3. The summed E-state index contributed by atoms with van der Waals surface area (Å²) in [6.07, 6.45) is 13.9. The van der Waals surface area contributed by atoms with Gasteiger partial charge in [0.25, 0.3) is 11.7 Å². The second-order valence-corrected chi connectivity index (χ2v) is 20.7. The van der Waals surface area contributed by atoms with Crippen LogP contribution < -0.4 is 0 Å². The maximum atomic E-state index is 14.5. The summed E-state index contributed by atoms with van der Waals surface area (Å²) in [6, 6.07) is -1.19. The molecule has 3 N–H and O–H groups in total. The highest BCUT2D eigenvalue weighted by atomic mass is 16.6. The maximum Gasteiger partial charge on any atom is 0.329 e. The lowest BCUT2D eigenvalue weighted by atomic mass is 9.77. The number of methoxy groups -OCH3 is 3. The zero-order valence-electron chi connectivity index (χ0n) is 44.7. The first-order valence-corrected chi connectivity index (χ1v) is 26.1. The highest BCUT2D eigenvalue weighted by Crippen LogP contribution is 2.39. The normalized spacial score (nSPS) is 37.4. The molecule has 1 saturated carbocycles. The summed E-state index contributed by atoms with van der Waals surface area (Å²) in [6.45, 7) is 14.7. The smallest absolute Gasteiger partial charge is 0.329 e. The molecule has 0 radical (unpaired) electrons. The predicted molar refractivity (Wildman–Crippen MR) is 269 cm³/mol. The number of rotatable bonds is 7. The van der Waals surface area contributed by atoms with Gasteiger partial charge in [0, 0.05) is 65.1 Å². The van der Waals surface area contributed by atoms with Crippen molar-refractivity contribution in [3.63, 3.8) is 0 Å². The highest BCUT2D eigenvalue weighted by molar-refractivity contribution is 6.39. The highest BCUT2D eigenvalue weighted by Gasteiger charge is 2.53. The Morgan fingerprint density at radius 1 is 0.889 bits per heavy atom. The summed E-state index contributed by atoms with van der Waals surface area (Å²) in [7, 11) is 4.62. The Morgan fingerprint density at radius 3 is 2.26 bits per heavy atom. The van der Waals surface area contributed by atoms with Crippen molar-refractivity contribution in [1.82, 2.24) is 25.1 Å². The molecule has 72 heavy (non-hydrogen) atoms. The zero-order valence-corrected chi connectivity index (χ0v) is 44.7. The number of amides is 1. The van der Waals surface area contributed by atoms with Crippen LogP contribution in [0.5, 0.6) is 0 Å². The number of hydrogen-bond acceptors (Lipinski definition) is 16. The van der Waals surface area contributed by atoms with Gasteiger partial charge in [-0.1, -0.05) is 71.1 Å². The monoisotopic (exact) mass is 1010 g/mol. The number of carbonyl (C=O) groups is 5. The molecule has 1 aromatic heterocycles. The first-order chi connectivity index (χ1) is 34.2. The lowest BCUT2D eigenvalue weighted by Crippen LogP contribution is -2.61. The Hall–Kier alpha value is -4.30. The van der Waals surface area contributed by atoms with E-state index in [2.05, 4.69) is 15.5 Å². The summed E-state index contributed by atoms with van der Waals surface area (Å²) in [4.78, 5) is 72.3. The molecule has 1 amide bonds. The number of esters is 1. The number of Topliss-reactive ketones (excluding diaryl/α,β-unsaturated/α-hetero) is 3. The average Bonchev–Trinajstić information content (AvgIpc) is 3.91. The van der Waals surface area contributed by atoms with Crippen molar-refractivity contribution in [3.05, 3.63) is 53.9 Å². The van der Waals surface area contributed by atoms with Gasteiger partial charge in [-0.2, -0.15) is 0 Å². The molecular weight excluding hydrogens is 927 g/mol. The molecule has 2 saturated heterocycles. The molecule has 1 unspecified atom stereocenters. The van der Waals surface area contributed by atoms with Gasteiger partial charge >= 0.3 is 5.97 Å². The van der Waals surface area contributed by atoms with Crippen LogP contribution in [0.3, 0.4) is 0 Å². The quantitative estimate of drug-likeness (QED) is 0.160. The average molecular weight is 1010 g/mol. The molecule has 404 valence electrons. The number of aliphatic hydroxyl groups is 3. The van der Waals surface area contributed by atoms with Gasteiger partial charge in [-0.3, -0.25) is 19.2 Å². The SMILES string of the molecule is CCO.CO[C@H]1CC2CC[C@@H](C)[C@@](O)(O2)C(=O)C(=O)N2CCCC[C@H]2C(=O)O[C@H]([C@H](C)C[C@@H]2CC[C@H](n3cnnn3)[C@H](OC)C2)CC(=O)[C@H](C)/C=C(\C)[C@@H](O)[C@@H](OC)C(=O)[C@H](C)C[C@H](C)/C=C/C=C/C=C/1C. The Kier molecular flexibility index (Phi) is 24.2. The van der Waals surface area contributed by atoms with E-state index in [0.29, 0.717) is 56.9 Å². The second-order valence-electron chi connectivity index (χ2n) is 20.7. The van der Waals surface area contributed by atoms with Crippen LogP contribution in [-0.4, -0.2) is 153 Å². The Balaban J connectivity index is 0.00000365. The van der Waals surface area contributed by atoms with Gasteiger partial charge in [0.1, 0.15) is 36.5 Å². The van der Waals surface area contributed by atoms with Gasteiger partial charge in [0.15, 0.2) is 5.78 Å². The number of hydrogen-bond donors (Lipinski definition) is 3. The molecule has 3 aliphatic heterocycles. The zero-order chi connectivity index (χ0) is 53.3. The largest absolute Gasteiger partial charge is 0.460 e. The fourth-order valence-electron chi connectivity index (χ4n) is 10.7. The minimum atomic E-state index is -2.43. The van der Waals surface area contributed by atoms with Crippen molar-refractivity contribution in [2.24, 2.45) is 35.5 Å². The minimum absolute atomic E-state index is 0.0170. The fourth-order valence-corrected chi connectivity index (χ4v) is 10.7. The Labute approximate surface area is 426 Å². The number of ether oxygens (including phenoxy) is 5. The number of ketones is 3. The third kappa shape index (κ3) is 16.1. The lowest BCUT2D eigenvalue weighted by Gasteiger charge is -2.42. The third-order valence-electron chi connectivity index (χ3n) is 15.2. The van der Waals surface area contributed by atoms with Gasteiger partial charge in [-0.05, 0) is 124 Å². The molecule has 1 aliphatic carbocycles. The van der Waals surface area contributed by atoms with Crippen LogP contribution in [0.4, 0.5) is 0 Å². The topological polar surface area (TPSA) is 239 Å². The summed E-state index contributed by atoms with van der Waals surface area (Å²) in [5, 5.41) is 42.8. The van der Waals surface area contributed by atoms with Gasteiger partial charge < -0.3 is 43.9 Å². The second kappa shape index (κ2) is 29.0. The van der Waals surface area contributed by atoms with Crippen molar-refractivity contribution >= 4 is 29.2 Å². The number of allylic oxidation sites excluding steroid dienone is 6. The van der Waals surface area contributed by atoms with Crippen molar-refractivity contribution in [2.75, 3.05) is 34.5 Å². The number of aromatic nitrogens is 4. The molecule has 18 nitrogen and oxygen atoms in total. The van der Waals surface area contributed by atoms with Gasteiger partial charge in [0.05, 0.1) is 24.4 Å². The van der Waals surface area contributed by atoms with Crippen molar-refractivity contribution in [2.45, 2.75) is 187 Å². The van der Waals surface area contributed by atoms with Crippen molar-refractivity contribution in [3.8, 4) is 0 Å². The molecule has 18 heteroatoms. The van der Waals surface area contributed by atoms with Gasteiger partial charge in [0.2, 0.25) is 5.79 Å². The van der Waals surface area contributed by atoms with E-state index in [4.69, 9.17) is 28.8 Å². The minimum Gasteiger partial charge on any atom is -0.460 e. The lowest BCUT2D eigenvalue weighted by molar-refractivity contribution is -0.265. The van der Waals surface area contributed by atoms with E-state index >= 15 is 0 Å². The van der Waals surface area contributed by atoms with E-state index in [1.54, 1.807) is 59.0 Å². The van der Waals surface area contributed by atoms with Crippen molar-refractivity contribution < 1.29 is 63.0 Å². The first-order valence-electron chi connectivity index (χ1n) is 26.1. The molecule has 4 heterocycles. The molecular formula is C54H85N5O13. The van der Waals surface area contributed by atoms with Crippen LogP contribution in [0.1, 0.15) is 138 Å². The van der Waals surface area contributed by atoms with Crippen molar-refractivity contribution in [1.29, 1.82) is 0 Å². The number of cyclic esters (lactones) is 1. The molecule has 0 spiro atoms. The molecule has 4 aliphatic rings. The Morgan fingerprint density at radius 2 is 1.61 bits per heavy atom. The molecule has 0 aromatic carbocycles. The molecule has 3 fully saturated rings. The van der Waals surface area contributed by atoms with E-state index in [0.717, 1.165) is 18.4 Å². The molecule has 5 rings (SSSR count). The van der Waals surface area contributed by atoms with E-state index in [1.165, 1.54) is 12.0 Å². The molecule has 2 bridgehead atoms. The number of nitrogens with zero attached hydrogens (tertiary/aromatic N) is 5. The number of tetrazole rings is 1. The standard InChI is InChI=1S/C52H79N5O12.C2H6O/c1-31-16-12-11-13-17-32(2)43(65-8)28-39-21-19-37(7)52(64,69-39)49(61)50(62)56-23-15-14-18-41(56)51(63)68-44(34(4)26-38-20-22-40(45(27-38)66-9)57-30-53-54-55-57)29-42(58)33(3)25-36(6)47(60)48(67-10)46(59)35(5)24-31;1-2-3/h11-13,16-17,25,30-31,33-35,37-41,43-45,47-48,60,64H,14-15,18-24,26-29H2,1-10H3;3H,2H2,1H3/b13-11+,16-12+,32-17+,36-25+;/t31-,33-,34-,35-,37-,38+,39?,40+,41+,43+,44+,45-,47-,48+,52-;/m1./s1. The number of carbonyl (C=O) groups excluding carboxylic acids is 5. The van der Waals surface area contributed by atoms with E-state index in [-0.39, 0.29) is 67.5 Å². The Bertz CT molecular complexity index is 2040. The van der Waals surface area contributed by atoms with E-state index in [9.17, 15) is 34.2 Å². The maximum absolute atomic E-state index is 14.5. The van der Waals surface area contributed by atoms with Crippen LogP contribution in [-0.2, 0) is 47.7 Å². The van der Waals surface area contributed by atoms with Crippen LogP contribution in [0.15, 0.2) is 53.9 Å². The fraction of sp³-hybridized carbons (Fsp3) is 0.741. The van der Waals surface area contributed by atoms with Crippen LogP contribution in [0.2, 0.25) is 0 Å². The predicted octanol–water partition coefficient (Wildman–Crippen LogP) is 6.05. The third-order valence-corrected chi connectivity index (χ3v) is 15.2. The van der Waals surface area contributed by atoms with E-state index < -0.39 is 77.8 Å². The van der Waals surface area contributed by atoms with Crippen LogP contribution in [0, 0.1) is 35.5 Å². The van der Waals surface area contributed by atoms with Gasteiger partial charge in [-0.25, -0.2) is 9.48 Å². The molecule has 1 aromatic rings. The van der Waals surface area contributed by atoms with E-state index in [1.807, 2.05) is 58.1 Å². The summed E-state index contributed by atoms with van der Waals surface area (Å²) >= 11 is 0. The van der Waals surface area contributed by atoms with Crippen LogP contribution >= 0.6 is 0 Å². The van der Waals surface area contributed by atoms with Crippen LogP contribution in [0.25, 0.3) is 0 Å². The van der Waals surface area contributed by atoms with Gasteiger partial charge in [-0.15, -0.1) is 5.10 Å². The summed E-state index contributed by atoms with van der Waals surface area (Å²) < 4.78 is 31.6. The first kappa shape index (κ1) is 60.3. The summed E-state index contributed by atoms with van der Waals surface area (Å²) in [5.41, 5.74) is 1.27. The number of aliphatic hydroxyl groups excluding tert-OH is 2. The molecule has 15 atom stereocenters. The summed E-state index contributed by atoms with van der Waals surface area (Å²) in [5.74, 6) is -7.92. The number of piperidine rings is 1.